The second kappa shape index (κ2) is 7.08. The topological polar surface area (TPSA) is 59.2 Å². The second-order valence-electron chi connectivity index (χ2n) is 6.25. The third-order valence-corrected chi connectivity index (χ3v) is 4.84. The van der Waals surface area contributed by atoms with E-state index in [9.17, 15) is 13.6 Å². The lowest BCUT2D eigenvalue weighted by molar-refractivity contribution is -0.130. The van der Waals surface area contributed by atoms with Gasteiger partial charge in [-0.1, -0.05) is 35.0 Å². The molecular formula is C19H14ClF2N3O2. The summed E-state index contributed by atoms with van der Waals surface area (Å²) < 4.78 is 32.9. The van der Waals surface area contributed by atoms with E-state index in [1.54, 1.807) is 24.3 Å². The summed E-state index contributed by atoms with van der Waals surface area (Å²) >= 11 is 5.69. The summed E-state index contributed by atoms with van der Waals surface area (Å²) in [6.45, 7) is 0.115. The van der Waals surface area contributed by atoms with Gasteiger partial charge in [-0.05, 0) is 30.7 Å². The first-order valence-electron chi connectivity index (χ1n) is 8.35. The predicted molar refractivity (Wildman–Crippen MR) is 93.6 cm³/mol. The highest BCUT2D eigenvalue weighted by Crippen LogP contribution is 2.34. The molecular weight excluding hydrogens is 376 g/mol. The largest absolute Gasteiger partial charge is 0.337 e. The van der Waals surface area contributed by atoms with Crippen molar-refractivity contribution in [2.24, 2.45) is 0 Å². The molecule has 0 bridgehead atoms. The third kappa shape index (κ3) is 3.42. The molecule has 0 radical (unpaired) electrons. The van der Waals surface area contributed by atoms with Gasteiger partial charge in [0.1, 0.15) is 17.7 Å². The number of nitrogens with zero attached hydrogens (tertiary/aromatic N) is 3. The van der Waals surface area contributed by atoms with E-state index in [-0.39, 0.29) is 35.0 Å². The maximum absolute atomic E-state index is 14.0. The Morgan fingerprint density at radius 1 is 1.19 bits per heavy atom. The van der Waals surface area contributed by atoms with Crippen molar-refractivity contribution >= 4 is 17.5 Å². The fourth-order valence-corrected chi connectivity index (χ4v) is 3.24. The molecule has 0 spiro atoms. The van der Waals surface area contributed by atoms with Gasteiger partial charge in [-0.3, -0.25) is 4.79 Å². The molecule has 0 aliphatic carbocycles. The summed E-state index contributed by atoms with van der Waals surface area (Å²) in [4.78, 5) is 18.1. The monoisotopic (exact) mass is 389 g/mol. The van der Waals surface area contributed by atoms with Crippen LogP contribution in [0.25, 0.3) is 11.4 Å². The first-order valence-corrected chi connectivity index (χ1v) is 8.72. The fourth-order valence-electron chi connectivity index (χ4n) is 3.12. The van der Waals surface area contributed by atoms with Crippen molar-refractivity contribution in [2.45, 2.75) is 25.4 Å². The van der Waals surface area contributed by atoms with Crippen molar-refractivity contribution in [1.82, 2.24) is 15.0 Å². The Bertz CT molecular complexity index is 1010. The number of halogens is 3. The molecule has 1 saturated heterocycles. The van der Waals surface area contributed by atoms with Crippen LogP contribution in [0.2, 0.25) is 5.02 Å². The van der Waals surface area contributed by atoms with E-state index in [1.165, 1.54) is 23.1 Å². The van der Waals surface area contributed by atoms with Gasteiger partial charge in [0.25, 0.3) is 0 Å². The van der Waals surface area contributed by atoms with Crippen LogP contribution in [0.15, 0.2) is 47.0 Å². The van der Waals surface area contributed by atoms with Gasteiger partial charge in [0.2, 0.25) is 17.6 Å². The van der Waals surface area contributed by atoms with E-state index in [4.69, 9.17) is 16.1 Å². The van der Waals surface area contributed by atoms with Crippen LogP contribution in [0, 0.1) is 11.6 Å². The van der Waals surface area contributed by atoms with Crippen molar-refractivity contribution in [1.29, 1.82) is 0 Å². The molecule has 1 aliphatic heterocycles. The Morgan fingerprint density at radius 2 is 2.00 bits per heavy atom. The van der Waals surface area contributed by atoms with Gasteiger partial charge in [-0.25, -0.2) is 8.78 Å². The Morgan fingerprint density at radius 3 is 2.78 bits per heavy atom. The first-order chi connectivity index (χ1) is 13.0. The summed E-state index contributed by atoms with van der Waals surface area (Å²) in [6, 6.07) is 10.1. The van der Waals surface area contributed by atoms with E-state index in [1.807, 2.05) is 0 Å². The van der Waals surface area contributed by atoms with Crippen molar-refractivity contribution < 1.29 is 18.1 Å². The third-order valence-electron chi connectivity index (χ3n) is 4.53. The van der Waals surface area contributed by atoms with Crippen molar-refractivity contribution in [2.75, 3.05) is 0 Å². The molecule has 0 saturated carbocycles. The van der Waals surface area contributed by atoms with Crippen LogP contribution in [0.1, 0.15) is 30.3 Å². The summed E-state index contributed by atoms with van der Waals surface area (Å²) in [5, 5.41) is 3.88. The van der Waals surface area contributed by atoms with Crippen molar-refractivity contribution in [3.05, 3.63) is 70.6 Å². The number of aromatic nitrogens is 2. The zero-order valence-electron chi connectivity index (χ0n) is 14.0. The minimum absolute atomic E-state index is 0.0000733. The molecule has 1 aromatic heterocycles. The van der Waals surface area contributed by atoms with Gasteiger partial charge >= 0.3 is 0 Å². The first kappa shape index (κ1) is 17.6. The van der Waals surface area contributed by atoms with Crippen LogP contribution in [0.3, 0.4) is 0 Å². The summed E-state index contributed by atoms with van der Waals surface area (Å²) in [5.41, 5.74) is 0.828. The van der Waals surface area contributed by atoms with E-state index >= 15 is 0 Å². The fraction of sp³-hybridized carbons (Fsp3) is 0.211. The highest BCUT2D eigenvalue weighted by Gasteiger charge is 2.36. The number of carbonyl (C=O) groups excluding carboxylic acids is 1. The SMILES string of the molecule is O=C1CCC(c2nc(-c3ccc(Cl)c(F)c3)no2)N1Cc1ccccc1F. The van der Waals surface area contributed by atoms with E-state index in [0.29, 0.717) is 24.0 Å². The lowest BCUT2D eigenvalue weighted by Crippen LogP contribution is -2.27. The van der Waals surface area contributed by atoms with Crippen LogP contribution >= 0.6 is 11.6 Å². The van der Waals surface area contributed by atoms with Gasteiger partial charge in [-0.2, -0.15) is 4.98 Å². The molecule has 2 aromatic carbocycles. The van der Waals surface area contributed by atoms with E-state index in [2.05, 4.69) is 10.1 Å². The number of hydrogen-bond acceptors (Lipinski definition) is 4. The second-order valence-corrected chi connectivity index (χ2v) is 6.66. The van der Waals surface area contributed by atoms with E-state index in [0.717, 1.165) is 0 Å². The molecule has 1 fully saturated rings. The molecule has 1 unspecified atom stereocenters. The van der Waals surface area contributed by atoms with Crippen LogP contribution < -0.4 is 0 Å². The molecule has 4 rings (SSSR count). The Kier molecular flexibility index (Phi) is 4.61. The number of benzene rings is 2. The molecule has 5 nitrogen and oxygen atoms in total. The molecule has 138 valence electrons. The number of carbonyl (C=O) groups is 1. The molecule has 0 N–H and O–H groups in total. The maximum atomic E-state index is 14.0. The molecule has 3 aromatic rings. The average molecular weight is 390 g/mol. The minimum atomic E-state index is -0.585. The lowest BCUT2D eigenvalue weighted by Gasteiger charge is -2.22. The molecule has 2 heterocycles. The zero-order valence-corrected chi connectivity index (χ0v) is 14.8. The number of amides is 1. The maximum Gasteiger partial charge on any atom is 0.249 e. The smallest absolute Gasteiger partial charge is 0.249 e. The van der Waals surface area contributed by atoms with Gasteiger partial charge in [-0.15, -0.1) is 0 Å². The van der Waals surface area contributed by atoms with Crippen molar-refractivity contribution in [3.63, 3.8) is 0 Å². The normalized spacial score (nSPS) is 16.9. The number of likely N-dealkylation sites (tertiary alicyclic amines) is 1. The van der Waals surface area contributed by atoms with Gasteiger partial charge in [0.15, 0.2) is 0 Å². The van der Waals surface area contributed by atoms with Gasteiger partial charge in [0.05, 0.1) is 5.02 Å². The van der Waals surface area contributed by atoms with E-state index < -0.39 is 11.9 Å². The Hall–Kier alpha value is -2.80. The molecule has 1 amide bonds. The van der Waals surface area contributed by atoms with Gasteiger partial charge < -0.3 is 9.42 Å². The zero-order chi connectivity index (χ0) is 19.0. The van der Waals surface area contributed by atoms with Gasteiger partial charge in [0, 0.05) is 24.1 Å². The standard InChI is InChI=1S/C19H14ClF2N3O2/c20-13-6-5-11(9-15(13)22)18-23-19(27-24-18)16-7-8-17(26)25(16)10-12-3-1-2-4-14(12)21/h1-6,9,16H,7-8,10H2. The Labute approximate surface area is 158 Å². The number of rotatable bonds is 4. The molecule has 1 atom stereocenters. The summed E-state index contributed by atoms with van der Waals surface area (Å²) in [7, 11) is 0. The molecule has 8 heteroatoms. The Balaban J connectivity index is 1.60. The van der Waals surface area contributed by atoms with Crippen LogP contribution in [0.4, 0.5) is 8.78 Å². The highest BCUT2D eigenvalue weighted by atomic mass is 35.5. The summed E-state index contributed by atoms with van der Waals surface area (Å²) in [5.74, 6) is -0.634. The molecule has 1 aliphatic rings. The van der Waals surface area contributed by atoms with Crippen LogP contribution in [0.5, 0.6) is 0 Å². The van der Waals surface area contributed by atoms with Crippen LogP contribution in [-0.2, 0) is 11.3 Å². The summed E-state index contributed by atoms with van der Waals surface area (Å²) in [6.07, 6.45) is 0.802. The quantitative estimate of drug-likeness (QED) is 0.657. The van der Waals surface area contributed by atoms with Crippen LogP contribution in [-0.4, -0.2) is 20.9 Å². The highest BCUT2D eigenvalue weighted by molar-refractivity contribution is 6.30. The molecule has 27 heavy (non-hydrogen) atoms. The minimum Gasteiger partial charge on any atom is -0.337 e. The average Bonchev–Trinajstić information content (AvgIpc) is 3.27. The number of hydrogen-bond donors (Lipinski definition) is 0. The van der Waals surface area contributed by atoms with Crippen molar-refractivity contribution in [3.8, 4) is 11.4 Å². The predicted octanol–water partition coefficient (Wildman–Crippen LogP) is 4.53. The lowest BCUT2D eigenvalue weighted by atomic mass is 10.1.